The second kappa shape index (κ2) is 10.2. The maximum absolute atomic E-state index is 13.8. The van der Waals surface area contributed by atoms with Crippen LogP contribution in [0.3, 0.4) is 0 Å². The molecule has 0 atom stereocenters. The molecule has 1 aromatic heterocycles. The molecule has 2 aromatic carbocycles. The molecule has 3 aromatic rings. The molecule has 4 rings (SSSR count). The van der Waals surface area contributed by atoms with Crippen LogP contribution in [0.2, 0.25) is 0 Å². The number of thioether (sulfide) groups is 1. The minimum atomic E-state index is -0.512. The molecule has 1 fully saturated rings. The van der Waals surface area contributed by atoms with Gasteiger partial charge in [0.15, 0.2) is 0 Å². The van der Waals surface area contributed by atoms with Gasteiger partial charge in [-0.3, -0.25) is 19.3 Å². The Labute approximate surface area is 192 Å². The second-order valence-corrected chi connectivity index (χ2v) is 8.08. The lowest BCUT2D eigenvalue weighted by atomic mass is 10.2. The number of nitrogens with one attached hydrogen (secondary N) is 1. The van der Waals surface area contributed by atoms with Crippen molar-refractivity contribution < 1.29 is 23.3 Å². The molecule has 1 N–H and O–H groups in total. The Morgan fingerprint density at radius 2 is 1.88 bits per heavy atom. The molecule has 0 saturated carbocycles. The molecule has 10 heteroatoms. The van der Waals surface area contributed by atoms with Crippen LogP contribution in [0, 0.1) is 5.82 Å². The van der Waals surface area contributed by atoms with Gasteiger partial charge < -0.3 is 9.84 Å². The molecule has 1 aliphatic heterocycles. The first-order chi connectivity index (χ1) is 16.0. The average molecular weight is 466 g/mol. The van der Waals surface area contributed by atoms with Crippen LogP contribution in [0.1, 0.15) is 17.9 Å². The van der Waals surface area contributed by atoms with Crippen LogP contribution in [-0.2, 0) is 16.0 Å². The molecule has 0 spiro atoms. The van der Waals surface area contributed by atoms with E-state index in [0.29, 0.717) is 11.7 Å². The number of aryl methyl sites for hydroxylation is 1. The number of hydrogen-bond acceptors (Lipinski definition) is 7. The summed E-state index contributed by atoms with van der Waals surface area (Å²) in [6, 6.07) is 15.3. The lowest BCUT2D eigenvalue weighted by molar-refractivity contribution is -0.124. The van der Waals surface area contributed by atoms with Crippen LogP contribution in [0.5, 0.6) is 0 Å². The Balaban J connectivity index is 1.24. The molecule has 2 heterocycles. The molecule has 0 aliphatic carbocycles. The predicted molar refractivity (Wildman–Crippen MR) is 120 cm³/mol. The fraction of sp³-hybridized carbons (Fsp3) is 0.174. The van der Waals surface area contributed by atoms with E-state index in [9.17, 15) is 18.8 Å². The van der Waals surface area contributed by atoms with Crippen molar-refractivity contribution in [3.05, 3.63) is 76.8 Å². The Kier molecular flexibility index (Phi) is 6.94. The Hall–Kier alpha value is -3.79. The molecular formula is C23H19FN4O4S. The van der Waals surface area contributed by atoms with Crippen molar-refractivity contribution in [2.45, 2.75) is 12.8 Å². The molecule has 1 aliphatic rings. The lowest BCUT2D eigenvalue weighted by Crippen LogP contribution is -2.37. The SMILES string of the molecule is O=C(CCc1nc(-c2ccccc2)no1)NCCN1C(=O)S/C(=C\c2ccccc2F)C1=O. The molecule has 168 valence electrons. The number of amides is 3. The van der Waals surface area contributed by atoms with E-state index in [1.54, 1.807) is 12.1 Å². The Morgan fingerprint density at radius 1 is 1.12 bits per heavy atom. The zero-order valence-corrected chi connectivity index (χ0v) is 18.2. The third kappa shape index (κ3) is 5.53. The first-order valence-electron chi connectivity index (χ1n) is 10.2. The first-order valence-corrected chi connectivity index (χ1v) is 11.0. The standard InChI is InChI=1S/C23H19FN4O4S/c24-17-9-5-4-8-16(17)14-18-22(30)28(23(31)33-18)13-12-25-19(29)10-11-20-26-21(27-32-20)15-6-2-1-3-7-15/h1-9,14H,10-13H2,(H,25,29)/b18-14-. The number of carbonyl (C=O) groups excluding carboxylic acids is 3. The highest BCUT2D eigenvalue weighted by Crippen LogP contribution is 2.32. The zero-order valence-electron chi connectivity index (χ0n) is 17.4. The van der Waals surface area contributed by atoms with Gasteiger partial charge in [0.05, 0.1) is 4.91 Å². The van der Waals surface area contributed by atoms with E-state index in [2.05, 4.69) is 15.5 Å². The van der Waals surface area contributed by atoms with Crippen LogP contribution in [0.25, 0.3) is 17.5 Å². The molecule has 0 radical (unpaired) electrons. The number of halogens is 1. The van der Waals surface area contributed by atoms with Gasteiger partial charge >= 0.3 is 0 Å². The monoisotopic (exact) mass is 466 g/mol. The summed E-state index contributed by atoms with van der Waals surface area (Å²) in [5, 5.41) is 6.11. The van der Waals surface area contributed by atoms with Gasteiger partial charge in [0.25, 0.3) is 11.1 Å². The van der Waals surface area contributed by atoms with E-state index in [1.165, 1.54) is 18.2 Å². The van der Waals surface area contributed by atoms with Crippen LogP contribution in [-0.4, -0.2) is 45.2 Å². The number of hydrogen-bond donors (Lipinski definition) is 1. The van der Waals surface area contributed by atoms with Crippen molar-refractivity contribution in [3.8, 4) is 11.4 Å². The lowest BCUT2D eigenvalue weighted by Gasteiger charge is -2.12. The normalized spacial score (nSPS) is 14.8. The summed E-state index contributed by atoms with van der Waals surface area (Å²) in [4.78, 5) is 42.2. The summed E-state index contributed by atoms with van der Waals surface area (Å²) < 4.78 is 19.0. The minimum Gasteiger partial charge on any atom is -0.354 e. The first kappa shape index (κ1) is 22.4. The summed E-state index contributed by atoms with van der Waals surface area (Å²) in [6.07, 6.45) is 1.73. The summed E-state index contributed by atoms with van der Waals surface area (Å²) in [5.41, 5.74) is 1.05. The average Bonchev–Trinajstić information content (AvgIpc) is 3.40. The van der Waals surface area contributed by atoms with Gasteiger partial charge in [0, 0.05) is 37.1 Å². The topological polar surface area (TPSA) is 105 Å². The van der Waals surface area contributed by atoms with Gasteiger partial charge in [-0.1, -0.05) is 53.7 Å². The van der Waals surface area contributed by atoms with Crippen molar-refractivity contribution in [2.24, 2.45) is 0 Å². The van der Waals surface area contributed by atoms with Gasteiger partial charge in [-0.05, 0) is 23.9 Å². The maximum Gasteiger partial charge on any atom is 0.293 e. The van der Waals surface area contributed by atoms with Gasteiger partial charge in [-0.2, -0.15) is 4.98 Å². The maximum atomic E-state index is 13.8. The largest absolute Gasteiger partial charge is 0.354 e. The Morgan fingerprint density at radius 3 is 2.67 bits per heavy atom. The quantitative estimate of drug-likeness (QED) is 0.505. The number of nitrogens with zero attached hydrogens (tertiary/aromatic N) is 3. The van der Waals surface area contributed by atoms with Crippen LogP contribution in [0.15, 0.2) is 64.0 Å². The molecular weight excluding hydrogens is 447 g/mol. The molecule has 8 nitrogen and oxygen atoms in total. The Bertz CT molecular complexity index is 1210. The molecule has 0 unspecified atom stereocenters. The van der Waals surface area contributed by atoms with E-state index in [1.807, 2.05) is 30.3 Å². The van der Waals surface area contributed by atoms with Crippen LogP contribution in [0.4, 0.5) is 9.18 Å². The minimum absolute atomic E-state index is 0.0176. The van der Waals surface area contributed by atoms with Crippen molar-refractivity contribution >= 4 is 34.9 Å². The van der Waals surface area contributed by atoms with E-state index in [-0.39, 0.29) is 42.3 Å². The number of carbonyl (C=O) groups is 3. The summed E-state index contributed by atoms with van der Waals surface area (Å²) in [6.45, 7) is 0.118. The third-order valence-corrected chi connectivity index (χ3v) is 5.70. The highest BCUT2D eigenvalue weighted by molar-refractivity contribution is 8.18. The molecule has 3 amide bonds. The third-order valence-electron chi connectivity index (χ3n) is 4.79. The van der Waals surface area contributed by atoms with E-state index >= 15 is 0 Å². The number of rotatable bonds is 8. The van der Waals surface area contributed by atoms with Gasteiger partial charge in [-0.15, -0.1) is 0 Å². The molecule has 1 saturated heterocycles. The number of aromatic nitrogens is 2. The van der Waals surface area contributed by atoms with Gasteiger partial charge in [-0.25, -0.2) is 4.39 Å². The highest BCUT2D eigenvalue weighted by Gasteiger charge is 2.34. The fourth-order valence-corrected chi connectivity index (χ4v) is 3.96. The highest BCUT2D eigenvalue weighted by atomic mass is 32.2. The summed E-state index contributed by atoms with van der Waals surface area (Å²) >= 11 is 0.744. The molecule has 33 heavy (non-hydrogen) atoms. The van der Waals surface area contributed by atoms with Gasteiger partial charge in [0.2, 0.25) is 17.6 Å². The van der Waals surface area contributed by atoms with E-state index in [0.717, 1.165) is 22.2 Å². The predicted octanol–water partition coefficient (Wildman–Crippen LogP) is 3.66. The molecule has 0 bridgehead atoms. The second-order valence-electron chi connectivity index (χ2n) is 7.08. The van der Waals surface area contributed by atoms with Crippen molar-refractivity contribution in [1.29, 1.82) is 0 Å². The summed E-state index contributed by atoms with van der Waals surface area (Å²) in [5.74, 6) is -0.471. The van der Waals surface area contributed by atoms with Crippen molar-refractivity contribution in [2.75, 3.05) is 13.1 Å². The summed E-state index contributed by atoms with van der Waals surface area (Å²) in [7, 11) is 0. The smallest absolute Gasteiger partial charge is 0.293 e. The van der Waals surface area contributed by atoms with Gasteiger partial charge in [0.1, 0.15) is 5.82 Å². The van der Waals surface area contributed by atoms with Crippen LogP contribution >= 0.6 is 11.8 Å². The van der Waals surface area contributed by atoms with Crippen molar-refractivity contribution in [3.63, 3.8) is 0 Å². The number of benzene rings is 2. The zero-order chi connectivity index (χ0) is 23.2. The number of imide groups is 1. The van der Waals surface area contributed by atoms with E-state index in [4.69, 9.17) is 4.52 Å². The van der Waals surface area contributed by atoms with E-state index < -0.39 is 17.0 Å². The van der Waals surface area contributed by atoms with Crippen molar-refractivity contribution in [1.82, 2.24) is 20.4 Å². The fourth-order valence-electron chi connectivity index (χ4n) is 3.10. The van der Waals surface area contributed by atoms with Crippen LogP contribution < -0.4 is 5.32 Å².